The Hall–Kier alpha value is -2.28. The Morgan fingerprint density at radius 1 is 1.16 bits per heavy atom. The van der Waals surface area contributed by atoms with Gasteiger partial charge in [0, 0.05) is 50.5 Å². The summed E-state index contributed by atoms with van der Waals surface area (Å²) in [6.45, 7) is 2.41. The smallest absolute Gasteiger partial charge is 0.227 e. The first-order valence-electron chi connectivity index (χ1n) is 11.8. The highest BCUT2D eigenvalue weighted by atomic mass is 16.5. The first-order chi connectivity index (χ1) is 15.2. The van der Waals surface area contributed by atoms with Crippen molar-refractivity contribution in [2.45, 2.75) is 69.8 Å². The number of pyridine rings is 1. The number of hydrogen-bond acceptors (Lipinski definition) is 6. The van der Waals surface area contributed by atoms with E-state index in [1.165, 1.54) is 25.7 Å². The van der Waals surface area contributed by atoms with Crippen LogP contribution in [0.15, 0.2) is 29.0 Å². The molecule has 2 aromatic heterocycles. The molecule has 4 heterocycles. The van der Waals surface area contributed by atoms with E-state index in [0.29, 0.717) is 29.5 Å². The Labute approximate surface area is 183 Å². The average Bonchev–Trinajstić information content (AvgIpc) is 3.47. The van der Waals surface area contributed by atoms with Crippen molar-refractivity contribution in [3.8, 4) is 11.4 Å². The fraction of sp³-hybridized carbons (Fsp3) is 0.667. The molecule has 0 N–H and O–H groups in total. The van der Waals surface area contributed by atoms with Gasteiger partial charge in [0.15, 0.2) is 0 Å². The van der Waals surface area contributed by atoms with Gasteiger partial charge in [0.05, 0.1) is 5.60 Å². The van der Waals surface area contributed by atoms with E-state index in [1.54, 1.807) is 12.4 Å². The quantitative estimate of drug-likeness (QED) is 0.720. The second-order valence-electron chi connectivity index (χ2n) is 9.58. The molecule has 1 amide bonds. The van der Waals surface area contributed by atoms with Crippen molar-refractivity contribution in [1.29, 1.82) is 0 Å². The van der Waals surface area contributed by atoms with E-state index in [9.17, 15) is 4.79 Å². The molecule has 3 aliphatic rings. The highest BCUT2D eigenvalue weighted by Gasteiger charge is 2.41. The molecule has 5 rings (SSSR count). The first kappa shape index (κ1) is 20.6. The Bertz CT molecular complexity index is 870. The molecule has 0 bridgehead atoms. The SMILES string of the molecule is O=C(CC1CCCC1)N1CCC2(CC1)CC(Cc1nc(-c3cccnc3)no1)CCO2. The number of aromatic nitrogens is 3. The predicted octanol–water partition coefficient (Wildman–Crippen LogP) is 4.04. The minimum Gasteiger partial charge on any atom is -0.375 e. The maximum atomic E-state index is 12.7. The van der Waals surface area contributed by atoms with E-state index >= 15 is 0 Å². The van der Waals surface area contributed by atoms with Crippen molar-refractivity contribution in [1.82, 2.24) is 20.0 Å². The molecule has 2 aromatic rings. The summed E-state index contributed by atoms with van der Waals surface area (Å²) < 4.78 is 11.8. The van der Waals surface area contributed by atoms with E-state index in [4.69, 9.17) is 9.26 Å². The highest BCUT2D eigenvalue weighted by molar-refractivity contribution is 5.76. The molecule has 3 fully saturated rings. The largest absolute Gasteiger partial charge is 0.375 e. The van der Waals surface area contributed by atoms with Crippen molar-refractivity contribution in [2.24, 2.45) is 11.8 Å². The second-order valence-corrected chi connectivity index (χ2v) is 9.58. The molecule has 31 heavy (non-hydrogen) atoms. The number of rotatable bonds is 5. The Kier molecular flexibility index (Phi) is 6.03. The molecule has 0 radical (unpaired) electrons. The second kappa shape index (κ2) is 9.07. The summed E-state index contributed by atoms with van der Waals surface area (Å²) in [6.07, 6.45) is 13.9. The van der Waals surface area contributed by atoms with E-state index in [-0.39, 0.29) is 5.60 Å². The molecule has 7 heteroatoms. The van der Waals surface area contributed by atoms with Gasteiger partial charge in [-0.05, 0) is 62.5 Å². The van der Waals surface area contributed by atoms with Crippen LogP contribution in [0, 0.1) is 11.8 Å². The molecule has 166 valence electrons. The average molecular weight is 425 g/mol. The molecule has 2 aliphatic heterocycles. The summed E-state index contributed by atoms with van der Waals surface area (Å²) in [4.78, 5) is 23.5. The molecule has 1 spiro atoms. The van der Waals surface area contributed by atoms with Crippen LogP contribution in [-0.2, 0) is 16.0 Å². The molecule has 0 aromatic carbocycles. The first-order valence-corrected chi connectivity index (χ1v) is 11.8. The Morgan fingerprint density at radius 3 is 2.77 bits per heavy atom. The van der Waals surface area contributed by atoms with Gasteiger partial charge in [0.1, 0.15) is 0 Å². The Balaban J connectivity index is 1.15. The van der Waals surface area contributed by atoms with Crippen molar-refractivity contribution in [3.05, 3.63) is 30.4 Å². The van der Waals surface area contributed by atoms with Crippen LogP contribution in [0.2, 0.25) is 0 Å². The summed E-state index contributed by atoms with van der Waals surface area (Å²) in [7, 11) is 0. The van der Waals surface area contributed by atoms with Gasteiger partial charge in [-0.15, -0.1) is 0 Å². The maximum absolute atomic E-state index is 12.7. The van der Waals surface area contributed by atoms with Crippen molar-refractivity contribution < 1.29 is 14.1 Å². The molecule has 1 unspecified atom stereocenters. The number of piperidine rings is 1. The normalized spacial score (nSPS) is 24.0. The molecular weight excluding hydrogens is 392 g/mol. The number of amides is 1. The molecule has 7 nitrogen and oxygen atoms in total. The predicted molar refractivity (Wildman–Crippen MR) is 115 cm³/mol. The maximum Gasteiger partial charge on any atom is 0.227 e. The van der Waals surface area contributed by atoms with Crippen molar-refractivity contribution in [2.75, 3.05) is 19.7 Å². The molecule has 2 saturated heterocycles. The molecule has 1 saturated carbocycles. The summed E-state index contributed by atoms with van der Waals surface area (Å²) in [5, 5.41) is 4.13. The summed E-state index contributed by atoms with van der Waals surface area (Å²) >= 11 is 0. The minimum atomic E-state index is -0.0980. The van der Waals surface area contributed by atoms with Crippen LogP contribution in [0.1, 0.15) is 63.7 Å². The zero-order valence-electron chi connectivity index (χ0n) is 18.2. The fourth-order valence-corrected chi connectivity index (χ4v) is 5.60. The molecule has 1 aliphatic carbocycles. The standard InChI is InChI=1S/C24H32N4O3/c29-22(15-18-4-1-2-5-18)28-11-8-24(9-12-28)16-19(7-13-30-24)14-21-26-23(27-31-21)20-6-3-10-25-17-20/h3,6,10,17-19H,1-2,4-5,7-9,11-16H2. The molecular formula is C24H32N4O3. The van der Waals surface area contributed by atoms with Crippen LogP contribution in [-0.4, -0.2) is 51.2 Å². The van der Waals surface area contributed by atoms with Crippen LogP contribution in [0.25, 0.3) is 11.4 Å². The van der Waals surface area contributed by atoms with Gasteiger partial charge in [-0.3, -0.25) is 9.78 Å². The summed E-state index contributed by atoms with van der Waals surface area (Å²) in [5.74, 6) is 2.72. The van der Waals surface area contributed by atoms with E-state index in [0.717, 1.165) is 63.8 Å². The number of likely N-dealkylation sites (tertiary alicyclic amines) is 1. The zero-order valence-corrected chi connectivity index (χ0v) is 18.2. The molecule has 1 atom stereocenters. The third-order valence-corrected chi connectivity index (χ3v) is 7.41. The monoisotopic (exact) mass is 424 g/mol. The van der Waals surface area contributed by atoms with E-state index < -0.39 is 0 Å². The van der Waals surface area contributed by atoms with Crippen LogP contribution in [0.5, 0.6) is 0 Å². The van der Waals surface area contributed by atoms with Crippen LogP contribution in [0.4, 0.5) is 0 Å². The van der Waals surface area contributed by atoms with Crippen molar-refractivity contribution >= 4 is 5.91 Å². The van der Waals surface area contributed by atoms with Gasteiger partial charge >= 0.3 is 0 Å². The van der Waals surface area contributed by atoms with Crippen LogP contribution in [0.3, 0.4) is 0 Å². The topological polar surface area (TPSA) is 81.4 Å². The Morgan fingerprint density at radius 2 is 2.00 bits per heavy atom. The third kappa shape index (κ3) is 4.81. The number of carbonyl (C=O) groups is 1. The summed E-state index contributed by atoms with van der Waals surface area (Å²) in [6, 6.07) is 3.81. The van der Waals surface area contributed by atoms with Gasteiger partial charge in [-0.2, -0.15) is 4.98 Å². The van der Waals surface area contributed by atoms with E-state index in [1.807, 2.05) is 12.1 Å². The van der Waals surface area contributed by atoms with Crippen LogP contribution >= 0.6 is 0 Å². The number of nitrogens with zero attached hydrogens (tertiary/aromatic N) is 4. The lowest BCUT2D eigenvalue weighted by atomic mass is 9.78. The van der Waals surface area contributed by atoms with Gasteiger partial charge in [0.25, 0.3) is 0 Å². The third-order valence-electron chi connectivity index (χ3n) is 7.41. The van der Waals surface area contributed by atoms with Crippen LogP contribution < -0.4 is 0 Å². The lowest BCUT2D eigenvalue weighted by Gasteiger charge is -2.46. The fourth-order valence-electron chi connectivity index (χ4n) is 5.60. The summed E-state index contributed by atoms with van der Waals surface area (Å²) in [5.41, 5.74) is 0.773. The lowest BCUT2D eigenvalue weighted by Crippen LogP contribution is -2.51. The number of hydrogen-bond donors (Lipinski definition) is 0. The van der Waals surface area contributed by atoms with Gasteiger partial charge in [-0.25, -0.2) is 0 Å². The van der Waals surface area contributed by atoms with Gasteiger partial charge in [-0.1, -0.05) is 18.0 Å². The van der Waals surface area contributed by atoms with E-state index in [2.05, 4.69) is 20.0 Å². The minimum absolute atomic E-state index is 0.0980. The zero-order chi connectivity index (χ0) is 21.1. The van der Waals surface area contributed by atoms with Gasteiger partial charge in [0.2, 0.25) is 17.6 Å². The highest BCUT2D eigenvalue weighted by Crippen LogP contribution is 2.39. The van der Waals surface area contributed by atoms with Crippen molar-refractivity contribution in [3.63, 3.8) is 0 Å². The number of carbonyl (C=O) groups excluding carboxylic acids is 1. The lowest BCUT2D eigenvalue weighted by molar-refractivity contribution is -0.148. The number of ether oxygens (including phenoxy) is 1. The van der Waals surface area contributed by atoms with Gasteiger partial charge < -0.3 is 14.2 Å².